The fourth-order valence-electron chi connectivity index (χ4n) is 0.886. The largest absolute Gasteiger partial charge is 0.457 e. The molecule has 1 fully saturated rings. The Kier molecular flexibility index (Phi) is 1.68. The molecule has 1 saturated heterocycles. The lowest BCUT2D eigenvalue weighted by molar-refractivity contribution is -0.155. The third-order valence-electron chi connectivity index (χ3n) is 1.52. The van der Waals surface area contributed by atoms with E-state index in [9.17, 15) is 4.79 Å². The molecule has 0 spiro atoms. The number of carbonyl (C=O) groups is 1. The smallest absolute Gasteiger partial charge is 0.303 e. The van der Waals surface area contributed by atoms with E-state index in [4.69, 9.17) is 9.47 Å². The van der Waals surface area contributed by atoms with Gasteiger partial charge in [0.05, 0.1) is 6.61 Å². The van der Waals surface area contributed by atoms with Crippen LogP contribution in [-0.4, -0.2) is 24.3 Å². The van der Waals surface area contributed by atoms with Gasteiger partial charge in [-0.05, 0) is 13.8 Å². The predicted molar refractivity (Wildman–Crippen MR) is 35.6 cm³/mol. The van der Waals surface area contributed by atoms with Crippen LogP contribution in [-0.2, 0) is 14.3 Å². The molecule has 0 bridgehead atoms. The quantitative estimate of drug-likeness (QED) is 0.423. The minimum absolute atomic E-state index is 0.108. The highest BCUT2D eigenvalue weighted by Crippen LogP contribution is 2.27. The van der Waals surface area contributed by atoms with Crippen LogP contribution in [0, 0.1) is 0 Å². The molecule has 0 saturated carbocycles. The normalized spacial score (nSPS) is 24.1. The van der Waals surface area contributed by atoms with E-state index in [0.29, 0.717) is 6.61 Å². The monoisotopic (exact) mass is 144 g/mol. The van der Waals surface area contributed by atoms with Gasteiger partial charge in [-0.2, -0.15) is 0 Å². The molecular weight excluding hydrogens is 132 g/mol. The van der Waals surface area contributed by atoms with Crippen molar-refractivity contribution in [1.29, 1.82) is 0 Å². The van der Waals surface area contributed by atoms with E-state index in [0.717, 1.165) is 0 Å². The van der Waals surface area contributed by atoms with Gasteiger partial charge in [-0.15, -0.1) is 0 Å². The number of hydrogen-bond acceptors (Lipinski definition) is 3. The highest BCUT2D eigenvalue weighted by Gasteiger charge is 2.42. The van der Waals surface area contributed by atoms with Gasteiger partial charge in [-0.1, -0.05) is 0 Å². The molecule has 1 atom stereocenters. The van der Waals surface area contributed by atoms with Crippen molar-refractivity contribution in [2.45, 2.75) is 32.5 Å². The van der Waals surface area contributed by atoms with Crippen molar-refractivity contribution in [3.63, 3.8) is 0 Å². The molecule has 1 aliphatic rings. The summed E-state index contributed by atoms with van der Waals surface area (Å²) in [6, 6.07) is 0. The summed E-state index contributed by atoms with van der Waals surface area (Å²) in [5, 5.41) is 0. The van der Waals surface area contributed by atoms with Crippen molar-refractivity contribution in [2.75, 3.05) is 6.61 Å². The van der Waals surface area contributed by atoms with Crippen LogP contribution >= 0.6 is 0 Å². The van der Waals surface area contributed by atoms with E-state index < -0.39 is 5.60 Å². The van der Waals surface area contributed by atoms with Crippen molar-refractivity contribution < 1.29 is 14.3 Å². The van der Waals surface area contributed by atoms with Gasteiger partial charge >= 0.3 is 5.97 Å². The molecule has 58 valence electrons. The average molecular weight is 144 g/mol. The van der Waals surface area contributed by atoms with E-state index >= 15 is 0 Å². The van der Waals surface area contributed by atoms with Gasteiger partial charge < -0.3 is 9.47 Å². The zero-order valence-electron chi connectivity index (χ0n) is 6.51. The first-order valence-corrected chi connectivity index (χ1v) is 3.33. The maximum absolute atomic E-state index is 10.5. The van der Waals surface area contributed by atoms with Gasteiger partial charge in [0.25, 0.3) is 0 Å². The molecule has 0 N–H and O–H groups in total. The molecular formula is C7H12O3. The Hall–Kier alpha value is -0.570. The van der Waals surface area contributed by atoms with Gasteiger partial charge in [0.15, 0.2) is 0 Å². The van der Waals surface area contributed by atoms with Crippen LogP contribution in [0.1, 0.15) is 20.8 Å². The van der Waals surface area contributed by atoms with Gasteiger partial charge in [0.2, 0.25) is 0 Å². The number of rotatable bonds is 2. The van der Waals surface area contributed by atoms with E-state index in [2.05, 4.69) is 0 Å². The summed E-state index contributed by atoms with van der Waals surface area (Å²) in [6.45, 7) is 5.82. The third-order valence-corrected chi connectivity index (χ3v) is 1.52. The minimum atomic E-state index is -0.439. The fourth-order valence-corrected chi connectivity index (χ4v) is 0.886. The van der Waals surface area contributed by atoms with Crippen molar-refractivity contribution in [3.8, 4) is 0 Å². The van der Waals surface area contributed by atoms with Crippen LogP contribution in [0.5, 0.6) is 0 Å². The molecule has 0 aromatic rings. The van der Waals surface area contributed by atoms with Crippen molar-refractivity contribution >= 4 is 5.97 Å². The van der Waals surface area contributed by atoms with Gasteiger partial charge in [-0.25, -0.2) is 0 Å². The lowest BCUT2D eigenvalue weighted by Crippen LogP contribution is -2.33. The Bertz CT molecular complexity index is 147. The zero-order valence-corrected chi connectivity index (χ0v) is 6.51. The molecule has 3 nitrogen and oxygen atoms in total. The molecule has 0 amide bonds. The minimum Gasteiger partial charge on any atom is -0.457 e. The van der Waals surface area contributed by atoms with Gasteiger partial charge in [-0.3, -0.25) is 4.79 Å². The summed E-state index contributed by atoms with van der Waals surface area (Å²) in [7, 11) is 0. The topological polar surface area (TPSA) is 38.8 Å². The summed E-state index contributed by atoms with van der Waals surface area (Å²) in [6.07, 6.45) is 0.108. The first kappa shape index (κ1) is 7.54. The molecule has 10 heavy (non-hydrogen) atoms. The van der Waals surface area contributed by atoms with Crippen LogP contribution in [0.25, 0.3) is 0 Å². The summed E-state index contributed by atoms with van der Waals surface area (Å²) in [5.74, 6) is -0.250. The van der Waals surface area contributed by atoms with Crippen molar-refractivity contribution in [2.24, 2.45) is 0 Å². The molecule has 0 aromatic heterocycles. The van der Waals surface area contributed by atoms with Crippen LogP contribution in [0.4, 0.5) is 0 Å². The maximum atomic E-state index is 10.5. The van der Waals surface area contributed by atoms with Crippen molar-refractivity contribution in [1.82, 2.24) is 0 Å². The summed E-state index contributed by atoms with van der Waals surface area (Å²) in [4.78, 5) is 10.5. The number of esters is 1. The molecule has 1 rings (SSSR count). The van der Waals surface area contributed by atoms with E-state index in [-0.39, 0.29) is 12.1 Å². The second-order valence-corrected chi connectivity index (χ2v) is 3.02. The first-order valence-electron chi connectivity index (χ1n) is 3.33. The second-order valence-electron chi connectivity index (χ2n) is 3.02. The summed E-state index contributed by atoms with van der Waals surface area (Å²) in [5.41, 5.74) is -0.439. The number of epoxide rings is 1. The number of carbonyl (C=O) groups excluding carboxylic acids is 1. The highest BCUT2D eigenvalue weighted by molar-refractivity contribution is 5.66. The van der Waals surface area contributed by atoms with Crippen LogP contribution in [0.2, 0.25) is 0 Å². The van der Waals surface area contributed by atoms with Crippen LogP contribution in [0.3, 0.4) is 0 Å². The lowest BCUT2D eigenvalue weighted by atomic mass is 10.1. The average Bonchev–Trinajstić information content (AvgIpc) is 2.35. The maximum Gasteiger partial charge on any atom is 0.303 e. The molecule has 1 heterocycles. The summed E-state index contributed by atoms with van der Waals surface area (Å²) < 4.78 is 9.99. The van der Waals surface area contributed by atoms with Gasteiger partial charge in [0, 0.05) is 6.92 Å². The molecule has 0 radical (unpaired) electrons. The Morgan fingerprint density at radius 2 is 2.20 bits per heavy atom. The molecule has 0 aromatic carbocycles. The first-order chi connectivity index (χ1) is 4.52. The zero-order chi connectivity index (χ0) is 7.78. The third kappa shape index (κ3) is 1.70. The summed E-state index contributed by atoms with van der Waals surface area (Å²) >= 11 is 0. The SMILES string of the molecule is CC(=O)OC(C)(C)C1CO1. The predicted octanol–water partition coefficient (Wildman–Crippen LogP) is 0.727. The van der Waals surface area contributed by atoms with E-state index in [1.165, 1.54) is 6.92 Å². The van der Waals surface area contributed by atoms with Crippen LogP contribution < -0.4 is 0 Å². The lowest BCUT2D eigenvalue weighted by Gasteiger charge is -2.21. The molecule has 0 aliphatic carbocycles. The van der Waals surface area contributed by atoms with Crippen LogP contribution in [0.15, 0.2) is 0 Å². The molecule has 1 aliphatic heterocycles. The second kappa shape index (κ2) is 2.23. The highest BCUT2D eigenvalue weighted by atomic mass is 16.6. The Balaban J connectivity index is 2.41. The van der Waals surface area contributed by atoms with Crippen molar-refractivity contribution in [3.05, 3.63) is 0 Å². The number of hydrogen-bond donors (Lipinski definition) is 0. The fraction of sp³-hybridized carbons (Fsp3) is 0.857. The Morgan fingerprint density at radius 3 is 2.50 bits per heavy atom. The Morgan fingerprint density at radius 1 is 1.70 bits per heavy atom. The number of ether oxygens (including phenoxy) is 2. The molecule has 3 heteroatoms. The standard InChI is InChI=1S/C7H12O3/c1-5(8)10-7(2,3)6-4-9-6/h6H,4H2,1-3H3. The Labute approximate surface area is 60.3 Å². The van der Waals surface area contributed by atoms with Gasteiger partial charge in [0.1, 0.15) is 11.7 Å². The van der Waals surface area contributed by atoms with E-state index in [1.807, 2.05) is 13.8 Å². The van der Waals surface area contributed by atoms with E-state index in [1.54, 1.807) is 0 Å². The molecule has 1 unspecified atom stereocenters.